The van der Waals surface area contributed by atoms with Crippen molar-refractivity contribution in [3.63, 3.8) is 0 Å². The number of rotatable bonds is 1. The Morgan fingerprint density at radius 3 is 2.70 bits per heavy atom. The highest BCUT2D eigenvalue weighted by molar-refractivity contribution is 5.74. The summed E-state index contributed by atoms with van der Waals surface area (Å²) in [4.78, 5) is 13.7. The molecule has 3 rings (SSSR count). The monoisotopic (exact) mass is 265 g/mol. The summed E-state index contributed by atoms with van der Waals surface area (Å²) in [6.07, 6.45) is 0. The van der Waals surface area contributed by atoms with E-state index in [-0.39, 0.29) is 11.8 Å². The number of carbonyl (C=O) groups excluding carboxylic acids is 1. The zero-order chi connectivity index (χ0) is 14.1. The molecule has 102 valence electrons. The molecule has 1 heterocycles. The molecule has 1 aliphatic heterocycles. The first-order valence-corrected chi connectivity index (χ1v) is 7.05. The number of aryl methyl sites for hydroxylation is 1. The van der Waals surface area contributed by atoms with Gasteiger partial charge in [0.1, 0.15) is 0 Å². The van der Waals surface area contributed by atoms with Crippen LogP contribution >= 0.6 is 0 Å². The lowest BCUT2D eigenvalue weighted by Gasteiger charge is -2.34. The maximum atomic E-state index is 11.8. The molecule has 1 atom stereocenters. The maximum absolute atomic E-state index is 11.8. The number of carbonyl (C=O) groups is 1. The van der Waals surface area contributed by atoms with E-state index >= 15 is 0 Å². The first-order valence-electron chi connectivity index (χ1n) is 7.05. The van der Waals surface area contributed by atoms with Crippen molar-refractivity contribution in [2.24, 2.45) is 0 Å². The van der Waals surface area contributed by atoms with Crippen molar-refractivity contribution >= 4 is 5.91 Å². The van der Waals surface area contributed by atoms with Crippen LogP contribution in [-0.2, 0) is 11.3 Å². The summed E-state index contributed by atoms with van der Waals surface area (Å²) in [7, 11) is 0. The van der Waals surface area contributed by atoms with E-state index in [1.807, 2.05) is 4.90 Å². The van der Waals surface area contributed by atoms with E-state index in [9.17, 15) is 4.79 Å². The summed E-state index contributed by atoms with van der Waals surface area (Å²) in [5.74, 6) is 0.431. The lowest BCUT2D eigenvalue weighted by molar-refractivity contribution is -0.129. The second-order valence-electron chi connectivity index (χ2n) is 5.57. The Labute approximate surface area is 120 Å². The van der Waals surface area contributed by atoms with Crippen LogP contribution in [0.2, 0.25) is 0 Å². The number of fused-ring (bicyclic) bond motifs is 1. The second-order valence-corrected chi connectivity index (χ2v) is 5.57. The van der Waals surface area contributed by atoms with Crippen LogP contribution < -0.4 is 0 Å². The fourth-order valence-corrected chi connectivity index (χ4v) is 3.02. The molecule has 0 saturated carbocycles. The van der Waals surface area contributed by atoms with E-state index in [1.54, 1.807) is 6.92 Å². The molecule has 0 N–H and O–H groups in total. The van der Waals surface area contributed by atoms with Crippen molar-refractivity contribution < 1.29 is 4.79 Å². The molecule has 1 amide bonds. The molecule has 0 spiro atoms. The Morgan fingerprint density at radius 2 is 1.95 bits per heavy atom. The normalized spacial score (nSPS) is 17.7. The van der Waals surface area contributed by atoms with Gasteiger partial charge in [0.05, 0.1) is 0 Å². The van der Waals surface area contributed by atoms with Gasteiger partial charge in [-0.2, -0.15) is 0 Å². The second kappa shape index (κ2) is 5.12. The molecule has 2 nitrogen and oxygen atoms in total. The Balaban J connectivity index is 2.07. The van der Waals surface area contributed by atoms with E-state index < -0.39 is 0 Å². The maximum Gasteiger partial charge on any atom is 0.219 e. The predicted octanol–water partition coefficient (Wildman–Crippen LogP) is 3.49. The standard InChI is InChI=1S/C18H19NO/c1-13-6-5-8-15(10-13)18-12-19(14(2)20)11-16-7-3-4-9-17(16)18/h3-10,18H,11-12H2,1-2H3/t18-/m1/s1. The summed E-state index contributed by atoms with van der Waals surface area (Å²) in [5.41, 5.74) is 5.18. The van der Waals surface area contributed by atoms with Crippen LogP contribution in [0.15, 0.2) is 48.5 Å². The molecule has 0 saturated heterocycles. The molecule has 0 aliphatic carbocycles. The molecule has 0 unspecified atom stereocenters. The first-order chi connectivity index (χ1) is 9.65. The van der Waals surface area contributed by atoms with Crippen LogP contribution in [0.25, 0.3) is 0 Å². The van der Waals surface area contributed by atoms with E-state index in [0.717, 1.165) is 13.1 Å². The quantitative estimate of drug-likeness (QED) is 0.773. The van der Waals surface area contributed by atoms with Gasteiger partial charge in [0.25, 0.3) is 0 Å². The Kier molecular flexibility index (Phi) is 3.31. The predicted molar refractivity (Wildman–Crippen MR) is 80.6 cm³/mol. The minimum absolute atomic E-state index is 0.150. The number of benzene rings is 2. The third kappa shape index (κ3) is 2.34. The van der Waals surface area contributed by atoms with Crippen molar-refractivity contribution in [3.05, 3.63) is 70.8 Å². The zero-order valence-corrected chi connectivity index (χ0v) is 12.0. The van der Waals surface area contributed by atoms with Crippen LogP contribution in [0.4, 0.5) is 0 Å². The first kappa shape index (κ1) is 12.9. The third-order valence-corrected chi connectivity index (χ3v) is 4.08. The van der Waals surface area contributed by atoms with Gasteiger partial charge in [-0.15, -0.1) is 0 Å². The summed E-state index contributed by atoms with van der Waals surface area (Å²) in [5, 5.41) is 0. The summed E-state index contributed by atoms with van der Waals surface area (Å²) in [6.45, 7) is 5.27. The molecule has 2 heteroatoms. The minimum Gasteiger partial charge on any atom is -0.338 e. The van der Waals surface area contributed by atoms with Gasteiger partial charge in [0.2, 0.25) is 5.91 Å². The van der Waals surface area contributed by atoms with Crippen molar-refractivity contribution in [3.8, 4) is 0 Å². The van der Waals surface area contributed by atoms with Crippen molar-refractivity contribution in [1.29, 1.82) is 0 Å². The van der Waals surface area contributed by atoms with Crippen LogP contribution in [0, 0.1) is 6.92 Å². The van der Waals surface area contributed by atoms with Crippen molar-refractivity contribution in [2.45, 2.75) is 26.3 Å². The van der Waals surface area contributed by atoms with Gasteiger partial charge in [-0.1, -0.05) is 54.1 Å². The minimum atomic E-state index is 0.150. The van der Waals surface area contributed by atoms with Gasteiger partial charge in [0, 0.05) is 25.9 Å². The fraction of sp³-hybridized carbons (Fsp3) is 0.278. The van der Waals surface area contributed by atoms with E-state index in [0.29, 0.717) is 0 Å². The van der Waals surface area contributed by atoms with Crippen LogP contribution in [0.3, 0.4) is 0 Å². The SMILES string of the molecule is CC(=O)N1Cc2ccccc2[C@@H](c2cccc(C)c2)C1. The Bertz CT molecular complexity index is 647. The van der Waals surface area contributed by atoms with Gasteiger partial charge in [-0.25, -0.2) is 0 Å². The van der Waals surface area contributed by atoms with Gasteiger partial charge in [0.15, 0.2) is 0 Å². The smallest absolute Gasteiger partial charge is 0.219 e. The topological polar surface area (TPSA) is 20.3 Å². The summed E-state index contributed by atoms with van der Waals surface area (Å²) < 4.78 is 0. The highest BCUT2D eigenvalue weighted by atomic mass is 16.2. The average Bonchev–Trinajstić information content (AvgIpc) is 2.46. The van der Waals surface area contributed by atoms with E-state index in [2.05, 4.69) is 55.5 Å². The highest BCUT2D eigenvalue weighted by Gasteiger charge is 2.27. The lowest BCUT2D eigenvalue weighted by Crippen LogP contribution is -2.37. The van der Waals surface area contributed by atoms with Gasteiger partial charge in [-0.3, -0.25) is 4.79 Å². The third-order valence-electron chi connectivity index (χ3n) is 4.08. The zero-order valence-electron chi connectivity index (χ0n) is 12.0. The van der Waals surface area contributed by atoms with E-state index in [4.69, 9.17) is 0 Å². The molecule has 20 heavy (non-hydrogen) atoms. The van der Waals surface area contributed by atoms with Gasteiger partial charge in [-0.05, 0) is 23.6 Å². The Hall–Kier alpha value is -2.09. The molecule has 0 radical (unpaired) electrons. The van der Waals surface area contributed by atoms with Gasteiger partial charge < -0.3 is 4.90 Å². The van der Waals surface area contributed by atoms with Gasteiger partial charge >= 0.3 is 0 Å². The molecule has 0 fully saturated rings. The molecule has 2 aromatic rings. The molecular weight excluding hydrogens is 246 g/mol. The van der Waals surface area contributed by atoms with E-state index in [1.165, 1.54) is 22.3 Å². The largest absolute Gasteiger partial charge is 0.338 e. The molecular formula is C18H19NO. The van der Waals surface area contributed by atoms with Crippen molar-refractivity contribution in [2.75, 3.05) is 6.54 Å². The van der Waals surface area contributed by atoms with Crippen LogP contribution in [-0.4, -0.2) is 17.4 Å². The highest BCUT2D eigenvalue weighted by Crippen LogP contribution is 2.33. The number of hydrogen-bond donors (Lipinski definition) is 0. The number of nitrogens with zero attached hydrogens (tertiary/aromatic N) is 1. The molecule has 2 aromatic carbocycles. The average molecular weight is 265 g/mol. The summed E-state index contributed by atoms with van der Waals surface area (Å²) in [6, 6.07) is 17.1. The summed E-state index contributed by atoms with van der Waals surface area (Å²) >= 11 is 0. The molecule has 0 bridgehead atoms. The Morgan fingerprint density at radius 1 is 1.15 bits per heavy atom. The molecule has 0 aromatic heterocycles. The number of hydrogen-bond acceptors (Lipinski definition) is 1. The van der Waals surface area contributed by atoms with Crippen LogP contribution in [0.1, 0.15) is 35.1 Å². The lowest BCUT2D eigenvalue weighted by atomic mass is 9.84. The number of amides is 1. The fourth-order valence-electron chi connectivity index (χ4n) is 3.02. The molecule has 1 aliphatic rings. The van der Waals surface area contributed by atoms with Crippen molar-refractivity contribution in [1.82, 2.24) is 4.90 Å². The van der Waals surface area contributed by atoms with Crippen LogP contribution in [0.5, 0.6) is 0 Å².